The van der Waals surface area contributed by atoms with Crippen molar-refractivity contribution in [3.63, 3.8) is 0 Å². The highest BCUT2D eigenvalue weighted by atomic mass is 16.6. The Hall–Kier alpha value is -2.24. The molecule has 1 aliphatic heterocycles. The third-order valence-corrected chi connectivity index (χ3v) is 3.99. The molecule has 1 saturated heterocycles. The summed E-state index contributed by atoms with van der Waals surface area (Å²) in [6.07, 6.45) is 1.16. The van der Waals surface area contributed by atoms with Gasteiger partial charge in [-0.15, -0.1) is 0 Å². The van der Waals surface area contributed by atoms with E-state index in [1.807, 2.05) is 20.8 Å². The van der Waals surface area contributed by atoms with Crippen molar-refractivity contribution < 1.29 is 19.4 Å². The standard InChI is InChI=1S/C18H26N2O4/c1-18(2,3)24-17(23)20-11-5-6-13(12-20)16(22)19(4)14-7-9-15(21)10-8-14/h7-10,13,21H,5-6,11-12H2,1-4H3. The number of ether oxygens (including phenoxy) is 1. The third-order valence-electron chi connectivity index (χ3n) is 3.99. The Morgan fingerprint density at radius 1 is 1.25 bits per heavy atom. The van der Waals surface area contributed by atoms with Gasteiger partial charge in [0.2, 0.25) is 5.91 Å². The van der Waals surface area contributed by atoms with Crippen molar-refractivity contribution >= 4 is 17.7 Å². The fourth-order valence-corrected chi connectivity index (χ4v) is 2.75. The number of likely N-dealkylation sites (tertiary alicyclic amines) is 1. The van der Waals surface area contributed by atoms with Crippen molar-refractivity contribution in [2.45, 2.75) is 39.2 Å². The van der Waals surface area contributed by atoms with Crippen molar-refractivity contribution in [2.75, 3.05) is 25.0 Å². The van der Waals surface area contributed by atoms with Gasteiger partial charge in [0, 0.05) is 25.8 Å². The highest BCUT2D eigenvalue weighted by Crippen LogP contribution is 2.24. The lowest BCUT2D eigenvalue weighted by atomic mass is 9.96. The average Bonchev–Trinajstić information content (AvgIpc) is 2.53. The number of phenolic OH excluding ortho intramolecular Hbond substituents is 1. The zero-order valence-electron chi connectivity index (χ0n) is 14.8. The molecule has 1 fully saturated rings. The molecule has 2 amide bonds. The highest BCUT2D eigenvalue weighted by molar-refractivity contribution is 5.95. The summed E-state index contributed by atoms with van der Waals surface area (Å²) in [7, 11) is 1.71. The van der Waals surface area contributed by atoms with E-state index >= 15 is 0 Å². The van der Waals surface area contributed by atoms with Crippen LogP contribution >= 0.6 is 0 Å². The van der Waals surface area contributed by atoms with Gasteiger partial charge < -0.3 is 19.6 Å². The molecule has 1 aromatic rings. The molecule has 0 aliphatic carbocycles. The lowest BCUT2D eigenvalue weighted by Crippen LogP contribution is -2.47. The number of hydrogen-bond acceptors (Lipinski definition) is 4. The van der Waals surface area contributed by atoms with Crippen molar-refractivity contribution in [1.29, 1.82) is 0 Å². The van der Waals surface area contributed by atoms with Gasteiger partial charge in [0.1, 0.15) is 11.4 Å². The van der Waals surface area contributed by atoms with Gasteiger partial charge in [-0.05, 0) is 57.9 Å². The number of nitrogens with zero attached hydrogens (tertiary/aromatic N) is 2. The molecule has 0 aromatic heterocycles. The smallest absolute Gasteiger partial charge is 0.410 e. The van der Waals surface area contributed by atoms with Gasteiger partial charge in [0.25, 0.3) is 0 Å². The molecule has 1 aliphatic rings. The van der Waals surface area contributed by atoms with Gasteiger partial charge in [0.05, 0.1) is 5.92 Å². The Balaban J connectivity index is 2.01. The van der Waals surface area contributed by atoms with E-state index in [-0.39, 0.29) is 23.7 Å². The minimum atomic E-state index is -0.545. The Morgan fingerprint density at radius 3 is 2.46 bits per heavy atom. The zero-order chi connectivity index (χ0) is 17.9. The van der Waals surface area contributed by atoms with E-state index in [0.717, 1.165) is 12.8 Å². The lowest BCUT2D eigenvalue weighted by Gasteiger charge is -2.35. The molecule has 1 heterocycles. The van der Waals surface area contributed by atoms with Crippen molar-refractivity contribution in [3.05, 3.63) is 24.3 Å². The summed E-state index contributed by atoms with van der Waals surface area (Å²) in [6, 6.07) is 6.49. The topological polar surface area (TPSA) is 70.1 Å². The van der Waals surface area contributed by atoms with Crippen LogP contribution in [0.25, 0.3) is 0 Å². The van der Waals surface area contributed by atoms with Crippen molar-refractivity contribution in [2.24, 2.45) is 5.92 Å². The number of aromatic hydroxyl groups is 1. The Kier molecular flexibility index (Phi) is 5.36. The Labute approximate surface area is 143 Å². The third kappa shape index (κ3) is 4.63. The predicted molar refractivity (Wildman–Crippen MR) is 92.0 cm³/mol. The second-order valence-corrected chi connectivity index (χ2v) is 7.18. The number of benzene rings is 1. The molecule has 1 unspecified atom stereocenters. The second kappa shape index (κ2) is 7.11. The number of rotatable bonds is 2. The van der Waals surface area contributed by atoms with E-state index in [4.69, 9.17) is 4.74 Å². The molecule has 2 rings (SSSR count). The van der Waals surface area contributed by atoms with Crippen LogP contribution in [0.4, 0.5) is 10.5 Å². The fourth-order valence-electron chi connectivity index (χ4n) is 2.75. The average molecular weight is 334 g/mol. The first-order valence-corrected chi connectivity index (χ1v) is 8.22. The molecule has 1 N–H and O–H groups in total. The largest absolute Gasteiger partial charge is 0.508 e. The second-order valence-electron chi connectivity index (χ2n) is 7.18. The van der Waals surface area contributed by atoms with Gasteiger partial charge in [0.15, 0.2) is 0 Å². The van der Waals surface area contributed by atoms with E-state index in [1.165, 1.54) is 0 Å². The van der Waals surface area contributed by atoms with Crippen LogP contribution in [0.1, 0.15) is 33.6 Å². The van der Waals surface area contributed by atoms with E-state index in [2.05, 4.69) is 0 Å². The molecule has 1 atom stereocenters. The number of anilines is 1. The molecule has 6 heteroatoms. The summed E-state index contributed by atoms with van der Waals surface area (Å²) in [5.74, 6) is -0.118. The Morgan fingerprint density at radius 2 is 1.88 bits per heavy atom. The van der Waals surface area contributed by atoms with Gasteiger partial charge >= 0.3 is 6.09 Å². The molecule has 0 saturated carbocycles. The maximum Gasteiger partial charge on any atom is 0.410 e. The molecule has 6 nitrogen and oxygen atoms in total. The first kappa shape index (κ1) is 18.1. The van der Waals surface area contributed by atoms with Crippen LogP contribution < -0.4 is 4.90 Å². The predicted octanol–water partition coefficient (Wildman–Crippen LogP) is 3.00. The zero-order valence-corrected chi connectivity index (χ0v) is 14.8. The molecule has 0 radical (unpaired) electrons. The van der Waals surface area contributed by atoms with Gasteiger partial charge in [-0.3, -0.25) is 4.79 Å². The van der Waals surface area contributed by atoms with Crippen LogP contribution in [0.15, 0.2) is 24.3 Å². The summed E-state index contributed by atoms with van der Waals surface area (Å²) in [4.78, 5) is 28.1. The summed E-state index contributed by atoms with van der Waals surface area (Å²) < 4.78 is 5.40. The molecular weight excluding hydrogens is 308 g/mol. The number of hydrogen-bond donors (Lipinski definition) is 1. The normalized spacial score (nSPS) is 18.2. The molecule has 0 spiro atoms. The van der Waals surface area contributed by atoms with E-state index in [9.17, 15) is 14.7 Å². The minimum absolute atomic E-state index is 0.0334. The maximum absolute atomic E-state index is 12.7. The van der Waals surface area contributed by atoms with Crippen molar-refractivity contribution in [1.82, 2.24) is 4.90 Å². The van der Waals surface area contributed by atoms with Crippen molar-refractivity contribution in [3.8, 4) is 5.75 Å². The van der Waals surface area contributed by atoms with Crippen LogP contribution in [-0.4, -0.2) is 47.7 Å². The quantitative estimate of drug-likeness (QED) is 0.902. The molecule has 1 aromatic carbocycles. The van der Waals surface area contributed by atoms with Crippen LogP contribution in [0, 0.1) is 5.92 Å². The maximum atomic E-state index is 12.7. The molecule has 24 heavy (non-hydrogen) atoms. The Bertz CT molecular complexity index is 592. The number of carbonyl (C=O) groups excluding carboxylic acids is 2. The summed E-state index contributed by atoms with van der Waals surface area (Å²) >= 11 is 0. The number of piperidine rings is 1. The lowest BCUT2D eigenvalue weighted by molar-refractivity contribution is -0.123. The van der Waals surface area contributed by atoms with E-state index in [0.29, 0.717) is 18.8 Å². The van der Waals surface area contributed by atoms with Gasteiger partial charge in [-0.25, -0.2) is 4.79 Å². The first-order valence-electron chi connectivity index (χ1n) is 8.22. The molecule has 0 bridgehead atoms. The van der Waals surface area contributed by atoms with Crippen LogP contribution in [0.3, 0.4) is 0 Å². The number of amides is 2. The van der Waals surface area contributed by atoms with Gasteiger partial charge in [-0.1, -0.05) is 0 Å². The number of phenols is 1. The van der Waals surface area contributed by atoms with Crippen LogP contribution in [0.2, 0.25) is 0 Å². The number of carbonyl (C=O) groups is 2. The first-order chi connectivity index (χ1) is 11.2. The van der Waals surface area contributed by atoms with E-state index in [1.54, 1.807) is 41.1 Å². The van der Waals surface area contributed by atoms with Gasteiger partial charge in [-0.2, -0.15) is 0 Å². The molecular formula is C18H26N2O4. The highest BCUT2D eigenvalue weighted by Gasteiger charge is 2.32. The summed E-state index contributed by atoms with van der Waals surface area (Å²) in [5.41, 5.74) is 0.170. The SMILES string of the molecule is CN(C(=O)C1CCCN(C(=O)OC(C)(C)C)C1)c1ccc(O)cc1. The minimum Gasteiger partial charge on any atom is -0.508 e. The molecule has 132 valence electrons. The van der Waals surface area contributed by atoms with Crippen LogP contribution in [-0.2, 0) is 9.53 Å². The summed E-state index contributed by atoms with van der Waals surface area (Å²) in [6.45, 7) is 6.47. The monoisotopic (exact) mass is 334 g/mol. The van der Waals surface area contributed by atoms with Crippen LogP contribution in [0.5, 0.6) is 5.75 Å². The summed E-state index contributed by atoms with van der Waals surface area (Å²) in [5, 5.41) is 9.35. The fraction of sp³-hybridized carbons (Fsp3) is 0.556. The van der Waals surface area contributed by atoms with E-state index < -0.39 is 5.60 Å².